The number of hydrogen-bond acceptors (Lipinski definition) is 3. The van der Waals surface area contributed by atoms with E-state index in [-0.39, 0.29) is 23.6 Å². The van der Waals surface area contributed by atoms with E-state index < -0.39 is 5.41 Å². The summed E-state index contributed by atoms with van der Waals surface area (Å²) in [5.74, 6) is 0.724. The highest BCUT2D eigenvalue weighted by Crippen LogP contribution is 2.57. The van der Waals surface area contributed by atoms with Gasteiger partial charge in [0.15, 0.2) is 5.78 Å². The maximum absolute atomic E-state index is 12.2. The monoisotopic (exact) mass is 246 g/mol. The summed E-state index contributed by atoms with van der Waals surface area (Å²) in [6, 6.07) is 0. The number of carbonyl (C=O) groups is 2. The zero-order chi connectivity index (χ0) is 12.8. The molecule has 2 bridgehead atoms. The van der Waals surface area contributed by atoms with Gasteiger partial charge in [0.1, 0.15) is 0 Å². The van der Waals surface area contributed by atoms with E-state index in [1.54, 1.807) is 0 Å². The summed E-state index contributed by atoms with van der Waals surface area (Å²) in [4.78, 5) is 23.8. The van der Waals surface area contributed by atoms with Gasteiger partial charge in [-0.2, -0.15) is 0 Å². The molecule has 0 radical (unpaired) electrons. The molecule has 18 heavy (non-hydrogen) atoms. The van der Waals surface area contributed by atoms with Crippen molar-refractivity contribution in [2.75, 3.05) is 6.61 Å². The fourth-order valence-corrected chi connectivity index (χ4v) is 3.96. The Balaban J connectivity index is 1.92. The fourth-order valence-electron chi connectivity index (χ4n) is 3.96. The zero-order valence-corrected chi connectivity index (χ0v) is 10.4. The van der Waals surface area contributed by atoms with Gasteiger partial charge in [0, 0.05) is 12.3 Å². The van der Waals surface area contributed by atoms with Crippen LogP contribution >= 0.6 is 0 Å². The first kappa shape index (κ1) is 11.7. The van der Waals surface area contributed by atoms with Gasteiger partial charge in [-0.25, -0.2) is 0 Å². The van der Waals surface area contributed by atoms with Crippen molar-refractivity contribution in [2.24, 2.45) is 23.2 Å². The minimum absolute atomic E-state index is 0.0168. The third-order valence-corrected chi connectivity index (χ3v) is 4.93. The van der Waals surface area contributed by atoms with Crippen molar-refractivity contribution in [3.8, 4) is 0 Å². The van der Waals surface area contributed by atoms with Crippen molar-refractivity contribution >= 4 is 11.8 Å². The number of fused-ring (bicyclic) bond motifs is 1. The molecule has 1 aliphatic heterocycles. The summed E-state index contributed by atoms with van der Waals surface area (Å²) in [6.07, 6.45) is 9.24. The Labute approximate surface area is 107 Å². The first-order chi connectivity index (χ1) is 8.66. The molecule has 2 fully saturated rings. The highest BCUT2D eigenvalue weighted by Gasteiger charge is 2.59. The van der Waals surface area contributed by atoms with E-state index in [0.717, 1.165) is 12.8 Å². The van der Waals surface area contributed by atoms with Crippen LogP contribution in [0.5, 0.6) is 0 Å². The second-order valence-electron chi connectivity index (χ2n) is 5.74. The Hall–Kier alpha value is -1.38. The van der Waals surface area contributed by atoms with Crippen molar-refractivity contribution in [2.45, 2.75) is 25.7 Å². The van der Waals surface area contributed by atoms with Gasteiger partial charge in [-0.15, -0.1) is 0 Å². The summed E-state index contributed by atoms with van der Waals surface area (Å²) in [5, 5.41) is 0. The first-order valence-corrected chi connectivity index (χ1v) is 6.67. The number of ketones is 1. The lowest BCUT2D eigenvalue weighted by molar-refractivity contribution is -0.151. The normalized spacial score (nSPS) is 41.1. The molecular weight excluding hydrogens is 228 g/mol. The maximum atomic E-state index is 12.2. The molecule has 0 aromatic heterocycles. The Kier molecular flexibility index (Phi) is 2.65. The summed E-state index contributed by atoms with van der Waals surface area (Å²) < 4.78 is 5.30. The Bertz CT molecular complexity index is 437. The Morgan fingerprint density at radius 3 is 2.89 bits per heavy atom. The number of ether oxygens (including phenoxy) is 1. The van der Waals surface area contributed by atoms with Gasteiger partial charge in [-0.1, -0.05) is 18.7 Å². The van der Waals surface area contributed by atoms with Crippen molar-refractivity contribution in [1.82, 2.24) is 0 Å². The predicted molar refractivity (Wildman–Crippen MR) is 66.7 cm³/mol. The number of hydrogen-bond donors (Lipinski definition) is 0. The second-order valence-corrected chi connectivity index (χ2v) is 5.74. The van der Waals surface area contributed by atoms with Crippen molar-refractivity contribution in [3.63, 3.8) is 0 Å². The van der Waals surface area contributed by atoms with Gasteiger partial charge in [0.25, 0.3) is 0 Å². The minimum Gasteiger partial charge on any atom is -0.465 e. The van der Waals surface area contributed by atoms with Crippen LogP contribution < -0.4 is 0 Å². The Morgan fingerprint density at radius 2 is 2.33 bits per heavy atom. The molecule has 96 valence electrons. The van der Waals surface area contributed by atoms with Crippen LogP contribution in [0, 0.1) is 23.2 Å². The molecule has 4 atom stereocenters. The first-order valence-electron chi connectivity index (χ1n) is 6.67. The molecule has 0 aromatic carbocycles. The third kappa shape index (κ3) is 1.49. The van der Waals surface area contributed by atoms with Crippen molar-refractivity contribution in [1.29, 1.82) is 0 Å². The zero-order valence-electron chi connectivity index (χ0n) is 10.4. The van der Waals surface area contributed by atoms with E-state index in [0.29, 0.717) is 18.9 Å². The highest BCUT2D eigenvalue weighted by molar-refractivity contribution is 5.90. The van der Waals surface area contributed by atoms with Crippen LogP contribution in [-0.4, -0.2) is 18.4 Å². The van der Waals surface area contributed by atoms with E-state index in [1.807, 2.05) is 0 Å². The molecule has 1 saturated heterocycles. The van der Waals surface area contributed by atoms with Crippen molar-refractivity contribution in [3.05, 3.63) is 24.8 Å². The molecule has 3 nitrogen and oxygen atoms in total. The highest BCUT2D eigenvalue weighted by atomic mass is 16.5. The van der Waals surface area contributed by atoms with E-state index >= 15 is 0 Å². The van der Waals surface area contributed by atoms with Crippen LogP contribution in [0.3, 0.4) is 0 Å². The largest absolute Gasteiger partial charge is 0.465 e. The number of esters is 1. The molecule has 4 aliphatic rings. The van der Waals surface area contributed by atoms with Gasteiger partial charge in [-0.05, 0) is 37.2 Å². The van der Waals surface area contributed by atoms with E-state index in [4.69, 9.17) is 4.74 Å². The smallest absolute Gasteiger partial charge is 0.313 e. The van der Waals surface area contributed by atoms with Gasteiger partial charge >= 0.3 is 5.97 Å². The number of rotatable bonds is 3. The minimum atomic E-state index is -0.420. The average Bonchev–Trinajstić information content (AvgIpc) is 2.69. The fraction of sp³-hybridized carbons (Fsp3) is 0.600. The molecule has 0 amide bonds. The molecule has 1 saturated carbocycles. The predicted octanol–water partition coefficient (Wildman–Crippen LogP) is 2.28. The molecular formula is C15H18O3. The lowest BCUT2D eigenvalue weighted by atomic mass is 9.54. The van der Waals surface area contributed by atoms with E-state index in [2.05, 4.69) is 18.7 Å². The molecule has 3 heteroatoms. The van der Waals surface area contributed by atoms with E-state index in [9.17, 15) is 9.59 Å². The van der Waals surface area contributed by atoms with Crippen LogP contribution in [-0.2, 0) is 14.3 Å². The lowest BCUT2D eigenvalue weighted by Gasteiger charge is -2.46. The standard InChI is InChI=1S/C15H18O3/c1-2-13(16)7-12-9-18-14(17)15(12)8-10-3-5-11(15)6-4-10/h2-3,5,10-12H,1,4,6-9H2/t10-,11+,12-,15+/m0/s1. The quantitative estimate of drug-likeness (QED) is 0.436. The maximum Gasteiger partial charge on any atom is 0.313 e. The summed E-state index contributed by atoms with van der Waals surface area (Å²) in [6.45, 7) is 3.91. The van der Waals surface area contributed by atoms with Crippen LogP contribution in [0.15, 0.2) is 24.8 Å². The molecule has 4 rings (SSSR count). The topological polar surface area (TPSA) is 43.4 Å². The van der Waals surface area contributed by atoms with Crippen LogP contribution in [0.25, 0.3) is 0 Å². The number of allylic oxidation sites excluding steroid dienone is 3. The second kappa shape index (κ2) is 4.08. The number of carbonyl (C=O) groups excluding carboxylic acids is 2. The lowest BCUT2D eigenvalue weighted by Crippen LogP contribution is -2.47. The molecule has 1 heterocycles. The van der Waals surface area contributed by atoms with Crippen LogP contribution in [0.4, 0.5) is 0 Å². The summed E-state index contributed by atoms with van der Waals surface area (Å²) >= 11 is 0. The molecule has 0 aromatic rings. The summed E-state index contributed by atoms with van der Waals surface area (Å²) in [5.41, 5.74) is -0.420. The number of cyclic esters (lactones) is 1. The Morgan fingerprint density at radius 1 is 1.50 bits per heavy atom. The average molecular weight is 246 g/mol. The van der Waals surface area contributed by atoms with E-state index in [1.165, 1.54) is 12.5 Å². The van der Waals surface area contributed by atoms with Gasteiger partial charge < -0.3 is 4.74 Å². The summed E-state index contributed by atoms with van der Waals surface area (Å²) in [7, 11) is 0. The van der Waals surface area contributed by atoms with Crippen molar-refractivity contribution < 1.29 is 14.3 Å². The third-order valence-electron chi connectivity index (χ3n) is 4.93. The van der Waals surface area contributed by atoms with Crippen LogP contribution in [0.1, 0.15) is 25.7 Å². The molecule has 1 spiro atoms. The van der Waals surface area contributed by atoms with Crippen LogP contribution in [0.2, 0.25) is 0 Å². The van der Waals surface area contributed by atoms with Gasteiger partial charge in [0.2, 0.25) is 0 Å². The molecule has 3 aliphatic carbocycles. The molecule has 0 N–H and O–H groups in total. The van der Waals surface area contributed by atoms with Gasteiger partial charge in [0.05, 0.1) is 12.0 Å². The van der Waals surface area contributed by atoms with Gasteiger partial charge in [-0.3, -0.25) is 9.59 Å². The molecule has 0 unspecified atom stereocenters. The SMILES string of the molecule is C=CC(=O)C[C@H]1COC(=O)[C@@]12C[C@H]1C=C[C@@H]2CC1.